The van der Waals surface area contributed by atoms with E-state index in [2.05, 4.69) is 24.0 Å². The summed E-state index contributed by atoms with van der Waals surface area (Å²) < 4.78 is 0. The molecule has 2 rings (SSSR count). The van der Waals surface area contributed by atoms with Gasteiger partial charge >= 0.3 is 0 Å². The fourth-order valence-electron chi connectivity index (χ4n) is 1.99. The van der Waals surface area contributed by atoms with E-state index >= 15 is 0 Å². The SMILES string of the molecule is CCCc1ccc(C(O)c2ccc(C)nc2)cc1. The second-order valence-electron chi connectivity index (χ2n) is 4.63. The summed E-state index contributed by atoms with van der Waals surface area (Å²) in [5.74, 6) is 0. The summed E-state index contributed by atoms with van der Waals surface area (Å²) >= 11 is 0. The Morgan fingerprint density at radius 2 is 1.72 bits per heavy atom. The molecule has 0 aliphatic rings. The van der Waals surface area contributed by atoms with Crippen LogP contribution in [0.25, 0.3) is 0 Å². The van der Waals surface area contributed by atoms with Crippen molar-refractivity contribution in [1.29, 1.82) is 0 Å². The van der Waals surface area contributed by atoms with Crippen molar-refractivity contribution in [2.45, 2.75) is 32.8 Å². The zero-order valence-electron chi connectivity index (χ0n) is 10.9. The number of hydrogen-bond donors (Lipinski definition) is 1. The maximum absolute atomic E-state index is 10.3. The third-order valence-corrected chi connectivity index (χ3v) is 3.08. The van der Waals surface area contributed by atoms with Crippen LogP contribution in [0.1, 0.15) is 41.8 Å². The van der Waals surface area contributed by atoms with E-state index in [0.717, 1.165) is 29.7 Å². The molecule has 2 heteroatoms. The van der Waals surface area contributed by atoms with Crippen LogP contribution in [0.3, 0.4) is 0 Å². The van der Waals surface area contributed by atoms with Crippen molar-refractivity contribution in [1.82, 2.24) is 4.98 Å². The lowest BCUT2D eigenvalue weighted by Crippen LogP contribution is -2.00. The molecule has 0 saturated carbocycles. The first-order valence-electron chi connectivity index (χ1n) is 6.40. The van der Waals surface area contributed by atoms with E-state index < -0.39 is 6.10 Å². The Morgan fingerprint density at radius 3 is 2.28 bits per heavy atom. The Kier molecular flexibility index (Phi) is 4.11. The van der Waals surface area contributed by atoms with Gasteiger partial charge in [-0.3, -0.25) is 4.98 Å². The molecule has 1 atom stereocenters. The van der Waals surface area contributed by atoms with Crippen LogP contribution in [0.2, 0.25) is 0 Å². The van der Waals surface area contributed by atoms with E-state index in [1.54, 1.807) is 6.20 Å². The molecule has 2 nitrogen and oxygen atoms in total. The summed E-state index contributed by atoms with van der Waals surface area (Å²) in [4.78, 5) is 4.21. The molecule has 1 heterocycles. The lowest BCUT2D eigenvalue weighted by Gasteiger charge is -2.12. The second kappa shape index (κ2) is 5.78. The molecule has 0 radical (unpaired) electrons. The van der Waals surface area contributed by atoms with E-state index in [-0.39, 0.29) is 0 Å². The Bertz CT molecular complexity index is 488. The van der Waals surface area contributed by atoms with E-state index in [1.165, 1.54) is 5.56 Å². The molecular weight excluding hydrogens is 222 g/mol. The van der Waals surface area contributed by atoms with Crippen LogP contribution in [0, 0.1) is 6.92 Å². The van der Waals surface area contributed by atoms with Gasteiger partial charge in [0.25, 0.3) is 0 Å². The molecule has 2 aromatic rings. The highest BCUT2D eigenvalue weighted by Crippen LogP contribution is 2.21. The van der Waals surface area contributed by atoms with Crippen LogP contribution in [0.15, 0.2) is 42.6 Å². The predicted octanol–water partition coefficient (Wildman–Crippen LogP) is 3.42. The number of rotatable bonds is 4. The third kappa shape index (κ3) is 2.96. The zero-order valence-corrected chi connectivity index (χ0v) is 10.9. The average Bonchev–Trinajstić information content (AvgIpc) is 2.40. The standard InChI is InChI=1S/C16H19NO/c1-3-4-13-6-9-14(10-7-13)16(18)15-8-5-12(2)17-11-15/h5-11,16,18H,3-4H2,1-2H3. The fraction of sp³-hybridized carbons (Fsp3) is 0.312. The van der Waals surface area contributed by atoms with Crippen molar-refractivity contribution < 1.29 is 5.11 Å². The lowest BCUT2D eigenvalue weighted by atomic mass is 10.0. The van der Waals surface area contributed by atoms with Crippen molar-refractivity contribution in [3.05, 3.63) is 65.0 Å². The van der Waals surface area contributed by atoms with Gasteiger partial charge in [0.05, 0.1) is 0 Å². The zero-order chi connectivity index (χ0) is 13.0. The van der Waals surface area contributed by atoms with Gasteiger partial charge in [-0.25, -0.2) is 0 Å². The Labute approximate surface area is 108 Å². The van der Waals surface area contributed by atoms with Gasteiger partial charge in [-0.15, -0.1) is 0 Å². The van der Waals surface area contributed by atoms with Crippen LogP contribution in [0.4, 0.5) is 0 Å². The van der Waals surface area contributed by atoms with Crippen LogP contribution in [-0.4, -0.2) is 10.1 Å². The number of hydrogen-bond acceptors (Lipinski definition) is 2. The molecule has 1 aromatic carbocycles. The highest BCUT2D eigenvalue weighted by molar-refractivity contribution is 5.31. The van der Waals surface area contributed by atoms with Crippen LogP contribution >= 0.6 is 0 Å². The highest BCUT2D eigenvalue weighted by Gasteiger charge is 2.10. The van der Waals surface area contributed by atoms with Crippen molar-refractivity contribution in [2.75, 3.05) is 0 Å². The quantitative estimate of drug-likeness (QED) is 0.889. The molecule has 0 fully saturated rings. The van der Waals surface area contributed by atoms with Crippen LogP contribution < -0.4 is 0 Å². The van der Waals surface area contributed by atoms with Crippen molar-refractivity contribution in [3.8, 4) is 0 Å². The van der Waals surface area contributed by atoms with Gasteiger partial charge < -0.3 is 5.11 Å². The molecule has 0 aliphatic carbocycles. The number of aliphatic hydroxyl groups is 1. The largest absolute Gasteiger partial charge is 0.384 e. The summed E-state index contributed by atoms with van der Waals surface area (Å²) in [6.45, 7) is 4.11. The summed E-state index contributed by atoms with van der Waals surface area (Å²) in [5.41, 5.74) is 4.03. The second-order valence-corrected chi connectivity index (χ2v) is 4.63. The number of benzene rings is 1. The minimum absolute atomic E-state index is 0.589. The molecule has 94 valence electrons. The van der Waals surface area contributed by atoms with E-state index in [0.29, 0.717) is 0 Å². The van der Waals surface area contributed by atoms with Crippen molar-refractivity contribution in [3.63, 3.8) is 0 Å². The van der Waals surface area contributed by atoms with Crippen LogP contribution in [-0.2, 0) is 6.42 Å². The number of aromatic nitrogens is 1. The van der Waals surface area contributed by atoms with Gasteiger partial charge in [0, 0.05) is 17.5 Å². The molecule has 1 aromatic heterocycles. The molecule has 1 N–H and O–H groups in total. The monoisotopic (exact) mass is 241 g/mol. The molecular formula is C16H19NO. The maximum Gasteiger partial charge on any atom is 0.106 e. The first kappa shape index (κ1) is 12.8. The highest BCUT2D eigenvalue weighted by atomic mass is 16.3. The maximum atomic E-state index is 10.3. The Balaban J connectivity index is 2.17. The first-order chi connectivity index (χ1) is 8.70. The minimum atomic E-state index is -0.589. The van der Waals surface area contributed by atoms with Gasteiger partial charge in [0.1, 0.15) is 6.10 Å². The van der Waals surface area contributed by atoms with Gasteiger partial charge in [-0.1, -0.05) is 43.7 Å². The average molecular weight is 241 g/mol. The summed E-state index contributed by atoms with van der Waals surface area (Å²) in [7, 11) is 0. The number of aliphatic hydroxyl groups excluding tert-OH is 1. The molecule has 18 heavy (non-hydrogen) atoms. The van der Waals surface area contributed by atoms with E-state index in [9.17, 15) is 5.11 Å². The molecule has 0 saturated heterocycles. The molecule has 0 aliphatic heterocycles. The summed E-state index contributed by atoms with van der Waals surface area (Å²) in [5, 5.41) is 10.3. The smallest absolute Gasteiger partial charge is 0.106 e. The minimum Gasteiger partial charge on any atom is -0.384 e. The van der Waals surface area contributed by atoms with Gasteiger partial charge in [-0.05, 0) is 30.5 Å². The summed E-state index contributed by atoms with van der Waals surface area (Å²) in [6.07, 6.45) is 3.38. The Morgan fingerprint density at radius 1 is 1.06 bits per heavy atom. The van der Waals surface area contributed by atoms with Crippen molar-refractivity contribution in [2.24, 2.45) is 0 Å². The predicted molar refractivity (Wildman–Crippen MR) is 73.5 cm³/mol. The normalized spacial score (nSPS) is 12.4. The third-order valence-electron chi connectivity index (χ3n) is 3.08. The van der Waals surface area contributed by atoms with Gasteiger partial charge in [0.2, 0.25) is 0 Å². The van der Waals surface area contributed by atoms with Gasteiger partial charge in [0.15, 0.2) is 0 Å². The number of aryl methyl sites for hydroxylation is 2. The topological polar surface area (TPSA) is 33.1 Å². The lowest BCUT2D eigenvalue weighted by molar-refractivity contribution is 0.220. The van der Waals surface area contributed by atoms with Gasteiger partial charge in [-0.2, -0.15) is 0 Å². The van der Waals surface area contributed by atoms with Crippen LogP contribution in [0.5, 0.6) is 0 Å². The summed E-state index contributed by atoms with van der Waals surface area (Å²) in [6, 6.07) is 12.0. The molecule has 0 amide bonds. The fourth-order valence-corrected chi connectivity index (χ4v) is 1.99. The number of nitrogens with zero attached hydrogens (tertiary/aromatic N) is 1. The molecule has 1 unspecified atom stereocenters. The van der Waals surface area contributed by atoms with E-state index in [1.807, 2.05) is 31.2 Å². The first-order valence-corrected chi connectivity index (χ1v) is 6.40. The van der Waals surface area contributed by atoms with Crippen molar-refractivity contribution >= 4 is 0 Å². The molecule has 0 bridgehead atoms. The number of pyridine rings is 1. The van der Waals surface area contributed by atoms with E-state index in [4.69, 9.17) is 0 Å². The Hall–Kier alpha value is -1.67. The molecule has 0 spiro atoms.